The molecule has 3 rings (SSSR count). The standard InChI is InChI=1S/C20H29NO3S/c1-2-24-20(23)18-15-10-4-3-5-11-16(15)25-19(18)21-17(22)13-12-14-8-6-7-9-14/h14H,2-13H2,1H3,(H,21,22). The molecule has 1 amide bonds. The molecule has 0 aliphatic heterocycles. The molecular weight excluding hydrogens is 334 g/mol. The van der Waals surface area contributed by atoms with E-state index in [1.165, 1.54) is 37.0 Å². The van der Waals surface area contributed by atoms with Crippen molar-refractivity contribution in [2.75, 3.05) is 11.9 Å². The third-order valence-electron chi connectivity index (χ3n) is 5.41. The van der Waals surface area contributed by atoms with Gasteiger partial charge in [0, 0.05) is 11.3 Å². The zero-order valence-electron chi connectivity index (χ0n) is 15.2. The van der Waals surface area contributed by atoms with Crippen LogP contribution < -0.4 is 5.32 Å². The average molecular weight is 364 g/mol. The molecular formula is C20H29NO3S. The number of aryl methyl sites for hydroxylation is 1. The fourth-order valence-electron chi connectivity index (χ4n) is 4.07. The molecule has 1 fully saturated rings. The molecule has 2 aliphatic carbocycles. The third-order valence-corrected chi connectivity index (χ3v) is 6.62. The lowest BCUT2D eigenvalue weighted by molar-refractivity contribution is -0.116. The van der Waals surface area contributed by atoms with Gasteiger partial charge in [0.1, 0.15) is 5.00 Å². The summed E-state index contributed by atoms with van der Waals surface area (Å²) < 4.78 is 5.27. The Hall–Kier alpha value is -1.36. The van der Waals surface area contributed by atoms with E-state index in [4.69, 9.17) is 4.74 Å². The number of anilines is 1. The molecule has 1 saturated carbocycles. The van der Waals surface area contributed by atoms with Crippen LogP contribution in [0.4, 0.5) is 5.00 Å². The second kappa shape index (κ2) is 8.84. The topological polar surface area (TPSA) is 55.4 Å². The number of esters is 1. The summed E-state index contributed by atoms with van der Waals surface area (Å²) in [6.45, 7) is 2.18. The number of fused-ring (bicyclic) bond motifs is 1. The largest absolute Gasteiger partial charge is 0.462 e. The van der Waals surface area contributed by atoms with Crippen LogP contribution in [-0.2, 0) is 22.4 Å². The molecule has 138 valence electrons. The molecule has 2 aliphatic rings. The maximum Gasteiger partial charge on any atom is 0.341 e. The summed E-state index contributed by atoms with van der Waals surface area (Å²) in [6.07, 6.45) is 12.0. The summed E-state index contributed by atoms with van der Waals surface area (Å²) in [6, 6.07) is 0. The summed E-state index contributed by atoms with van der Waals surface area (Å²) in [4.78, 5) is 26.2. The summed E-state index contributed by atoms with van der Waals surface area (Å²) in [5.41, 5.74) is 1.74. The number of hydrogen-bond donors (Lipinski definition) is 1. The SMILES string of the molecule is CCOC(=O)c1c(NC(=O)CCC2CCCC2)sc2c1CCCCC2. The van der Waals surface area contributed by atoms with Gasteiger partial charge in [-0.05, 0) is 50.5 Å². The van der Waals surface area contributed by atoms with Crippen LogP contribution in [0, 0.1) is 5.92 Å². The van der Waals surface area contributed by atoms with Crippen LogP contribution in [0.5, 0.6) is 0 Å². The van der Waals surface area contributed by atoms with Gasteiger partial charge in [-0.25, -0.2) is 4.79 Å². The van der Waals surface area contributed by atoms with E-state index in [-0.39, 0.29) is 11.9 Å². The summed E-state index contributed by atoms with van der Waals surface area (Å²) in [5.74, 6) is 0.456. The number of carbonyl (C=O) groups excluding carboxylic acids is 2. The maximum absolute atomic E-state index is 12.5. The Balaban J connectivity index is 1.72. The highest BCUT2D eigenvalue weighted by atomic mass is 32.1. The average Bonchev–Trinajstić information content (AvgIpc) is 3.16. The van der Waals surface area contributed by atoms with Gasteiger partial charge in [0.25, 0.3) is 0 Å². The Kier molecular flexibility index (Phi) is 6.51. The lowest BCUT2D eigenvalue weighted by Gasteiger charge is -2.10. The Bertz CT molecular complexity index is 617. The highest BCUT2D eigenvalue weighted by molar-refractivity contribution is 7.17. The first-order chi connectivity index (χ1) is 12.2. The monoisotopic (exact) mass is 363 g/mol. The number of ether oxygens (including phenoxy) is 1. The molecule has 5 heteroatoms. The Morgan fingerprint density at radius 2 is 1.88 bits per heavy atom. The molecule has 1 aromatic rings. The summed E-state index contributed by atoms with van der Waals surface area (Å²) in [7, 11) is 0. The highest BCUT2D eigenvalue weighted by Gasteiger charge is 2.26. The molecule has 0 spiro atoms. The van der Waals surface area contributed by atoms with Crippen LogP contribution in [0.15, 0.2) is 0 Å². The van der Waals surface area contributed by atoms with Crippen molar-refractivity contribution in [1.82, 2.24) is 0 Å². The zero-order valence-corrected chi connectivity index (χ0v) is 16.0. The van der Waals surface area contributed by atoms with E-state index < -0.39 is 0 Å². The molecule has 0 radical (unpaired) electrons. The number of carbonyl (C=O) groups is 2. The molecule has 25 heavy (non-hydrogen) atoms. The van der Waals surface area contributed by atoms with Crippen molar-refractivity contribution in [3.63, 3.8) is 0 Å². The van der Waals surface area contributed by atoms with Gasteiger partial charge in [0.2, 0.25) is 5.91 Å². The molecule has 0 bridgehead atoms. The van der Waals surface area contributed by atoms with Crippen LogP contribution >= 0.6 is 11.3 Å². The molecule has 4 nitrogen and oxygen atoms in total. The lowest BCUT2D eigenvalue weighted by atomic mass is 10.0. The Morgan fingerprint density at radius 3 is 2.64 bits per heavy atom. The van der Waals surface area contributed by atoms with Crippen LogP contribution in [0.1, 0.15) is 85.5 Å². The smallest absolute Gasteiger partial charge is 0.341 e. The minimum Gasteiger partial charge on any atom is -0.462 e. The van der Waals surface area contributed by atoms with Crippen molar-refractivity contribution in [2.45, 2.75) is 77.6 Å². The minimum atomic E-state index is -0.284. The molecule has 1 N–H and O–H groups in total. The Labute approximate surface area is 154 Å². The van der Waals surface area contributed by atoms with Gasteiger partial charge in [0.15, 0.2) is 0 Å². The van der Waals surface area contributed by atoms with Gasteiger partial charge < -0.3 is 10.1 Å². The quantitative estimate of drug-likeness (QED) is 0.565. The van der Waals surface area contributed by atoms with Gasteiger partial charge in [-0.3, -0.25) is 4.79 Å². The second-order valence-electron chi connectivity index (χ2n) is 7.23. The number of hydrogen-bond acceptors (Lipinski definition) is 4. The number of amides is 1. The summed E-state index contributed by atoms with van der Waals surface area (Å²) >= 11 is 1.58. The van der Waals surface area contributed by atoms with E-state index in [0.29, 0.717) is 29.5 Å². The van der Waals surface area contributed by atoms with Crippen LogP contribution in [0.25, 0.3) is 0 Å². The van der Waals surface area contributed by atoms with Gasteiger partial charge in [-0.2, -0.15) is 0 Å². The summed E-state index contributed by atoms with van der Waals surface area (Å²) in [5, 5.41) is 3.74. The number of thiophene rings is 1. The molecule has 0 unspecified atom stereocenters. The highest BCUT2D eigenvalue weighted by Crippen LogP contribution is 2.38. The first kappa shape index (κ1) is 18.4. The van der Waals surface area contributed by atoms with Crippen LogP contribution in [-0.4, -0.2) is 18.5 Å². The first-order valence-corrected chi connectivity index (χ1v) is 10.6. The van der Waals surface area contributed by atoms with Crippen molar-refractivity contribution in [2.24, 2.45) is 5.92 Å². The third kappa shape index (κ3) is 4.63. The lowest BCUT2D eigenvalue weighted by Crippen LogP contribution is -2.15. The van der Waals surface area contributed by atoms with Crippen LogP contribution in [0.2, 0.25) is 0 Å². The Morgan fingerprint density at radius 1 is 1.12 bits per heavy atom. The predicted octanol–water partition coefficient (Wildman–Crippen LogP) is 5.10. The maximum atomic E-state index is 12.5. The van der Waals surface area contributed by atoms with E-state index in [0.717, 1.165) is 37.7 Å². The van der Waals surface area contributed by atoms with Gasteiger partial charge in [-0.1, -0.05) is 32.1 Å². The fourth-order valence-corrected chi connectivity index (χ4v) is 5.37. The van der Waals surface area contributed by atoms with Crippen molar-refractivity contribution >= 4 is 28.2 Å². The van der Waals surface area contributed by atoms with E-state index >= 15 is 0 Å². The van der Waals surface area contributed by atoms with Crippen molar-refractivity contribution < 1.29 is 14.3 Å². The molecule has 1 heterocycles. The van der Waals surface area contributed by atoms with Crippen molar-refractivity contribution in [3.05, 3.63) is 16.0 Å². The molecule has 1 aromatic heterocycles. The van der Waals surface area contributed by atoms with Gasteiger partial charge in [0.05, 0.1) is 12.2 Å². The molecule has 0 saturated heterocycles. The van der Waals surface area contributed by atoms with Gasteiger partial charge >= 0.3 is 5.97 Å². The van der Waals surface area contributed by atoms with E-state index in [1.54, 1.807) is 11.3 Å². The van der Waals surface area contributed by atoms with E-state index in [1.807, 2.05) is 6.92 Å². The van der Waals surface area contributed by atoms with E-state index in [2.05, 4.69) is 5.32 Å². The van der Waals surface area contributed by atoms with Crippen molar-refractivity contribution in [1.29, 1.82) is 0 Å². The first-order valence-electron chi connectivity index (χ1n) is 9.80. The van der Waals surface area contributed by atoms with E-state index in [9.17, 15) is 9.59 Å². The number of nitrogens with one attached hydrogen (secondary N) is 1. The zero-order chi connectivity index (χ0) is 17.6. The number of rotatable bonds is 6. The fraction of sp³-hybridized carbons (Fsp3) is 0.700. The molecule has 0 aromatic carbocycles. The van der Waals surface area contributed by atoms with Gasteiger partial charge in [-0.15, -0.1) is 11.3 Å². The van der Waals surface area contributed by atoms with Crippen LogP contribution in [0.3, 0.4) is 0 Å². The predicted molar refractivity (Wildman–Crippen MR) is 101 cm³/mol. The normalized spacial score (nSPS) is 17.8. The minimum absolute atomic E-state index is 0.0360. The second-order valence-corrected chi connectivity index (χ2v) is 8.33. The van der Waals surface area contributed by atoms with Crippen molar-refractivity contribution in [3.8, 4) is 0 Å². The molecule has 0 atom stereocenters.